The standard InChI is InChI=1S/C10H16N4O3/c1-2-7(9-11-5-6-12-9)14-10(17)13-4-3-8(15)16/h5-7H,2-4H2,1H3,(H,11,12)(H,15,16)(H2,13,14,17). The molecule has 0 saturated heterocycles. The topological polar surface area (TPSA) is 107 Å². The highest BCUT2D eigenvalue weighted by Crippen LogP contribution is 2.10. The van der Waals surface area contributed by atoms with Gasteiger partial charge in [0, 0.05) is 18.9 Å². The summed E-state index contributed by atoms with van der Waals surface area (Å²) in [6.45, 7) is 2.03. The summed E-state index contributed by atoms with van der Waals surface area (Å²) in [7, 11) is 0. The number of hydrogen-bond acceptors (Lipinski definition) is 3. The van der Waals surface area contributed by atoms with Gasteiger partial charge in [0.25, 0.3) is 0 Å². The van der Waals surface area contributed by atoms with Crippen molar-refractivity contribution in [2.24, 2.45) is 0 Å². The van der Waals surface area contributed by atoms with Crippen LogP contribution in [0.5, 0.6) is 0 Å². The minimum absolute atomic E-state index is 0.0923. The third-order valence-corrected chi connectivity index (χ3v) is 2.19. The van der Waals surface area contributed by atoms with Crippen LogP contribution >= 0.6 is 0 Å². The lowest BCUT2D eigenvalue weighted by Gasteiger charge is -2.14. The summed E-state index contributed by atoms with van der Waals surface area (Å²) in [6, 6.07) is -0.593. The third kappa shape index (κ3) is 4.54. The molecule has 0 aliphatic rings. The van der Waals surface area contributed by atoms with Gasteiger partial charge in [0.2, 0.25) is 0 Å². The second-order valence-electron chi connectivity index (χ2n) is 3.48. The van der Waals surface area contributed by atoms with Gasteiger partial charge in [0.05, 0.1) is 12.5 Å². The third-order valence-electron chi connectivity index (χ3n) is 2.19. The van der Waals surface area contributed by atoms with Crippen molar-refractivity contribution in [2.45, 2.75) is 25.8 Å². The Hall–Kier alpha value is -2.05. The van der Waals surface area contributed by atoms with Crippen molar-refractivity contribution < 1.29 is 14.7 Å². The monoisotopic (exact) mass is 240 g/mol. The van der Waals surface area contributed by atoms with Crippen LogP contribution in [0.15, 0.2) is 12.4 Å². The second kappa shape index (κ2) is 6.51. The number of amides is 2. The number of imidazole rings is 1. The van der Waals surface area contributed by atoms with E-state index in [1.54, 1.807) is 12.4 Å². The molecule has 7 nitrogen and oxygen atoms in total. The molecule has 1 rings (SSSR count). The molecule has 4 N–H and O–H groups in total. The Kier molecular flexibility index (Phi) is 4.99. The highest BCUT2D eigenvalue weighted by Gasteiger charge is 2.14. The first-order valence-electron chi connectivity index (χ1n) is 5.39. The van der Waals surface area contributed by atoms with Crippen LogP contribution in [-0.2, 0) is 4.79 Å². The lowest BCUT2D eigenvalue weighted by Crippen LogP contribution is -2.39. The van der Waals surface area contributed by atoms with Gasteiger partial charge >= 0.3 is 12.0 Å². The SMILES string of the molecule is CCC(NC(=O)NCCC(=O)O)c1ncc[nH]1. The summed E-state index contributed by atoms with van der Waals surface area (Å²) >= 11 is 0. The lowest BCUT2D eigenvalue weighted by atomic mass is 10.2. The van der Waals surface area contributed by atoms with E-state index in [2.05, 4.69) is 20.6 Å². The van der Waals surface area contributed by atoms with Crippen LogP contribution in [0.1, 0.15) is 31.6 Å². The minimum Gasteiger partial charge on any atom is -0.481 e. The molecule has 0 aliphatic carbocycles. The fraction of sp³-hybridized carbons (Fsp3) is 0.500. The number of carboxylic acids is 1. The Morgan fingerprint density at radius 2 is 2.35 bits per heavy atom. The van der Waals surface area contributed by atoms with E-state index in [0.717, 1.165) is 0 Å². The molecule has 1 unspecified atom stereocenters. The Morgan fingerprint density at radius 1 is 1.59 bits per heavy atom. The zero-order valence-corrected chi connectivity index (χ0v) is 9.56. The number of nitrogens with zero attached hydrogens (tertiary/aromatic N) is 1. The number of aromatic amines is 1. The van der Waals surface area contributed by atoms with Gasteiger partial charge < -0.3 is 20.7 Å². The van der Waals surface area contributed by atoms with Gasteiger partial charge in [0.15, 0.2) is 0 Å². The molecule has 0 aromatic carbocycles. The second-order valence-corrected chi connectivity index (χ2v) is 3.48. The predicted octanol–water partition coefficient (Wildman–Crippen LogP) is 0.635. The maximum Gasteiger partial charge on any atom is 0.315 e. The highest BCUT2D eigenvalue weighted by molar-refractivity contribution is 5.75. The molecule has 0 bridgehead atoms. The molecule has 0 radical (unpaired) electrons. The molecule has 0 fully saturated rings. The van der Waals surface area contributed by atoms with Crippen LogP contribution in [0, 0.1) is 0 Å². The molecule has 2 amide bonds. The smallest absolute Gasteiger partial charge is 0.315 e. The van der Waals surface area contributed by atoms with Crippen LogP contribution in [0.2, 0.25) is 0 Å². The Balaban J connectivity index is 2.36. The number of aliphatic carboxylic acids is 1. The van der Waals surface area contributed by atoms with Crippen LogP contribution in [0.4, 0.5) is 4.79 Å². The average molecular weight is 240 g/mol. The molecule has 0 spiro atoms. The number of H-pyrrole nitrogens is 1. The van der Waals surface area contributed by atoms with Crippen LogP contribution in [0.25, 0.3) is 0 Å². The molecule has 7 heteroatoms. The van der Waals surface area contributed by atoms with E-state index >= 15 is 0 Å². The molecular formula is C10H16N4O3. The molecule has 1 heterocycles. The lowest BCUT2D eigenvalue weighted by molar-refractivity contribution is -0.136. The van der Waals surface area contributed by atoms with Gasteiger partial charge in [-0.1, -0.05) is 6.92 Å². The molecule has 1 aromatic rings. The van der Waals surface area contributed by atoms with Gasteiger partial charge in [-0.3, -0.25) is 4.79 Å². The number of nitrogens with one attached hydrogen (secondary N) is 3. The quantitative estimate of drug-likeness (QED) is 0.585. The van der Waals surface area contributed by atoms with Crippen molar-refractivity contribution in [2.75, 3.05) is 6.54 Å². The number of aromatic nitrogens is 2. The van der Waals surface area contributed by atoms with Gasteiger partial charge in [0.1, 0.15) is 5.82 Å². The van der Waals surface area contributed by atoms with E-state index < -0.39 is 12.0 Å². The largest absolute Gasteiger partial charge is 0.481 e. The highest BCUT2D eigenvalue weighted by atomic mass is 16.4. The fourth-order valence-corrected chi connectivity index (χ4v) is 1.32. The fourth-order valence-electron chi connectivity index (χ4n) is 1.32. The van der Waals surface area contributed by atoms with Gasteiger partial charge in [-0.2, -0.15) is 0 Å². The first kappa shape index (κ1) is 13.0. The minimum atomic E-state index is -0.941. The molecule has 94 valence electrons. The first-order valence-corrected chi connectivity index (χ1v) is 5.39. The average Bonchev–Trinajstić information content (AvgIpc) is 2.78. The van der Waals surface area contributed by atoms with Gasteiger partial charge in [-0.15, -0.1) is 0 Å². The summed E-state index contributed by atoms with van der Waals surface area (Å²) in [5.74, 6) is -0.260. The molecule has 17 heavy (non-hydrogen) atoms. The number of carbonyl (C=O) groups is 2. The zero-order valence-electron chi connectivity index (χ0n) is 9.56. The first-order chi connectivity index (χ1) is 8.13. The number of urea groups is 1. The molecule has 0 aliphatic heterocycles. The van der Waals surface area contributed by atoms with Crippen molar-refractivity contribution in [3.8, 4) is 0 Å². The van der Waals surface area contributed by atoms with E-state index in [9.17, 15) is 9.59 Å². The summed E-state index contributed by atoms with van der Waals surface area (Å²) < 4.78 is 0. The molecule has 0 saturated carbocycles. The van der Waals surface area contributed by atoms with Crippen molar-refractivity contribution >= 4 is 12.0 Å². The van der Waals surface area contributed by atoms with E-state index in [-0.39, 0.29) is 19.0 Å². The Bertz CT molecular complexity index is 364. The van der Waals surface area contributed by atoms with Crippen molar-refractivity contribution in [3.05, 3.63) is 18.2 Å². The van der Waals surface area contributed by atoms with Crippen molar-refractivity contribution in [1.29, 1.82) is 0 Å². The van der Waals surface area contributed by atoms with Crippen LogP contribution in [-0.4, -0.2) is 33.6 Å². The Morgan fingerprint density at radius 3 is 2.88 bits per heavy atom. The molecular weight excluding hydrogens is 224 g/mol. The number of carboxylic acid groups (broad SMARTS) is 1. The number of rotatable bonds is 6. The summed E-state index contributed by atoms with van der Waals surface area (Å²) in [4.78, 5) is 28.7. The molecule has 1 atom stereocenters. The number of carbonyl (C=O) groups excluding carboxylic acids is 1. The number of hydrogen-bond donors (Lipinski definition) is 4. The maximum atomic E-state index is 11.4. The van der Waals surface area contributed by atoms with E-state index in [1.165, 1.54) is 0 Å². The van der Waals surface area contributed by atoms with Crippen molar-refractivity contribution in [1.82, 2.24) is 20.6 Å². The molecule has 1 aromatic heterocycles. The predicted molar refractivity (Wildman–Crippen MR) is 60.4 cm³/mol. The van der Waals surface area contributed by atoms with E-state index in [4.69, 9.17) is 5.11 Å². The van der Waals surface area contributed by atoms with E-state index in [1.807, 2.05) is 6.92 Å². The van der Waals surface area contributed by atoms with Gasteiger partial charge in [-0.25, -0.2) is 9.78 Å². The summed E-state index contributed by atoms with van der Waals surface area (Å²) in [5, 5.41) is 13.6. The van der Waals surface area contributed by atoms with Crippen LogP contribution in [0.3, 0.4) is 0 Å². The summed E-state index contributed by atoms with van der Waals surface area (Å²) in [6.07, 6.45) is 3.90. The summed E-state index contributed by atoms with van der Waals surface area (Å²) in [5.41, 5.74) is 0. The van der Waals surface area contributed by atoms with Crippen LogP contribution < -0.4 is 10.6 Å². The zero-order chi connectivity index (χ0) is 12.7. The Labute approximate surface area is 98.6 Å². The van der Waals surface area contributed by atoms with Crippen molar-refractivity contribution in [3.63, 3.8) is 0 Å². The van der Waals surface area contributed by atoms with Gasteiger partial charge in [-0.05, 0) is 6.42 Å². The van der Waals surface area contributed by atoms with E-state index in [0.29, 0.717) is 12.2 Å². The normalized spacial score (nSPS) is 11.8. The maximum absolute atomic E-state index is 11.4.